The van der Waals surface area contributed by atoms with Crippen LogP contribution in [0.4, 0.5) is 0 Å². The lowest BCUT2D eigenvalue weighted by molar-refractivity contribution is -0.146. The van der Waals surface area contributed by atoms with Crippen molar-refractivity contribution in [2.45, 2.75) is 26.7 Å². The summed E-state index contributed by atoms with van der Waals surface area (Å²) in [5, 5.41) is 0. The van der Waals surface area contributed by atoms with Gasteiger partial charge in [0.15, 0.2) is 0 Å². The molecule has 0 aromatic carbocycles. The second-order valence-electron chi connectivity index (χ2n) is 4.61. The first-order valence-electron chi connectivity index (χ1n) is 5.80. The molecule has 2 unspecified atom stereocenters. The zero-order valence-corrected chi connectivity index (χ0v) is 10.6. The summed E-state index contributed by atoms with van der Waals surface area (Å²) in [6, 6.07) is 0. The van der Waals surface area contributed by atoms with Crippen LogP contribution in [0.25, 0.3) is 0 Å². The minimum absolute atomic E-state index is 0.00936. The third kappa shape index (κ3) is 3.54. The summed E-state index contributed by atoms with van der Waals surface area (Å²) < 4.78 is 4.70. The van der Waals surface area contributed by atoms with Gasteiger partial charge >= 0.3 is 5.97 Å². The van der Waals surface area contributed by atoms with Gasteiger partial charge in [-0.15, -0.1) is 0 Å². The molecule has 17 heavy (non-hydrogen) atoms. The Bertz CT molecular complexity index is 326. The normalized spacial score (nSPS) is 23.6. The maximum absolute atomic E-state index is 11.8. The van der Waals surface area contributed by atoms with Gasteiger partial charge in [0.2, 0.25) is 5.91 Å². The van der Waals surface area contributed by atoms with Gasteiger partial charge in [0.1, 0.15) is 5.78 Å². The van der Waals surface area contributed by atoms with E-state index in [2.05, 4.69) is 0 Å². The predicted molar refractivity (Wildman–Crippen MR) is 61.2 cm³/mol. The number of ether oxygens (including phenoxy) is 1. The Morgan fingerprint density at radius 2 is 1.88 bits per heavy atom. The molecule has 2 atom stereocenters. The fourth-order valence-electron chi connectivity index (χ4n) is 2.07. The molecule has 5 nitrogen and oxygen atoms in total. The van der Waals surface area contributed by atoms with E-state index in [0.29, 0.717) is 13.1 Å². The predicted octanol–water partition coefficient (Wildman–Crippen LogP) is 0.623. The van der Waals surface area contributed by atoms with E-state index in [0.717, 1.165) is 0 Å². The van der Waals surface area contributed by atoms with Crippen LogP contribution in [0, 0.1) is 11.8 Å². The fourth-order valence-corrected chi connectivity index (χ4v) is 2.07. The number of Topliss-reactive ketones (excluding diaryl/α,β-unsaturated/α-hetero) is 1. The van der Waals surface area contributed by atoms with E-state index < -0.39 is 0 Å². The number of amides is 1. The molecule has 1 saturated heterocycles. The summed E-state index contributed by atoms with van der Waals surface area (Å²) in [4.78, 5) is 35.7. The third-order valence-electron chi connectivity index (χ3n) is 3.16. The minimum atomic E-state index is -0.264. The van der Waals surface area contributed by atoms with Crippen LogP contribution in [0.15, 0.2) is 0 Å². The van der Waals surface area contributed by atoms with Gasteiger partial charge in [0.25, 0.3) is 0 Å². The molecule has 0 spiro atoms. The highest BCUT2D eigenvalue weighted by Crippen LogP contribution is 2.24. The Labute approximate surface area is 101 Å². The molecule has 1 aliphatic heterocycles. The number of hydrogen-bond donors (Lipinski definition) is 0. The van der Waals surface area contributed by atoms with Crippen LogP contribution >= 0.6 is 0 Å². The third-order valence-corrected chi connectivity index (χ3v) is 3.16. The zero-order chi connectivity index (χ0) is 13.0. The van der Waals surface area contributed by atoms with Crippen molar-refractivity contribution in [1.82, 2.24) is 4.90 Å². The Kier molecular flexibility index (Phi) is 4.66. The summed E-state index contributed by atoms with van der Waals surface area (Å²) in [6.45, 7) is 4.37. The Morgan fingerprint density at radius 3 is 2.41 bits per heavy atom. The molecule has 1 heterocycles. The van der Waals surface area contributed by atoms with Crippen LogP contribution in [0.3, 0.4) is 0 Å². The quantitative estimate of drug-likeness (QED) is 0.677. The fraction of sp³-hybridized carbons (Fsp3) is 0.750. The van der Waals surface area contributed by atoms with E-state index in [9.17, 15) is 14.4 Å². The van der Waals surface area contributed by atoms with Crippen LogP contribution in [-0.4, -0.2) is 42.8 Å². The van der Waals surface area contributed by atoms with Crippen molar-refractivity contribution < 1.29 is 19.1 Å². The number of rotatable bonds is 4. The van der Waals surface area contributed by atoms with Crippen LogP contribution in [0.5, 0.6) is 0 Å². The molecule has 0 bridgehead atoms. The van der Waals surface area contributed by atoms with Crippen molar-refractivity contribution in [3.05, 3.63) is 0 Å². The zero-order valence-electron chi connectivity index (χ0n) is 10.6. The lowest BCUT2D eigenvalue weighted by Gasteiger charge is -2.15. The maximum Gasteiger partial charge on any atom is 0.310 e. The molecule has 0 radical (unpaired) electrons. The Morgan fingerprint density at radius 1 is 1.24 bits per heavy atom. The number of ketones is 1. The SMILES string of the molecule is COC(=O)C1CN(C(=O)CCC(C)=O)CC1C. The molecule has 1 aliphatic rings. The first kappa shape index (κ1) is 13.7. The summed E-state index contributed by atoms with van der Waals surface area (Å²) >= 11 is 0. The molecule has 0 N–H and O–H groups in total. The molecule has 96 valence electrons. The maximum atomic E-state index is 11.8. The van der Waals surface area contributed by atoms with Crippen LogP contribution < -0.4 is 0 Å². The standard InChI is InChI=1S/C12H19NO4/c1-8-6-13(7-10(8)12(16)17-3)11(15)5-4-9(2)14/h8,10H,4-7H2,1-3H3. The van der Waals surface area contributed by atoms with Crippen molar-refractivity contribution in [1.29, 1.82) is 0 Å². The van der Waals surface area contributed by atoms with Crippen molar-refractivity contribution in [2.75, 3.05) is 20.2 Å². The topological polar surface area (TPSA) is 63.7 Å². The highest BCUT2D eigenvalue weighted by molar-refractivity contribution is 5.84. The Balaban J connectivity index is 2.50. The molecule has 0 aromatic heterocycles. The lowest BCUT2D eigenvalue weighted by Crippen LogP contribution is -2.30. The van der Waals surface area contributed by atoms with Gasteiger partial charge in [-0.25, -0.2) is 0 Å². The average Bonchev–Trinajstić information content (AvgIpc) is 2.67. The van der Waals surface area contributed by atoms with E-state index in [4.69, 9.17) is 4.74 Å². The molecule has 1 amide bonds. The van der Waals surface area contributed by atoms with E-state index in [-0.39, 0.29) is 42.3 Å². The molecule has 0 saturated carbocycles. The van der Waals surface area contributed by atoms with Crippen molar-refractivity contribution >= 4 is 17.7 Å². The molecular formula is C12H19NO4. The number of methoxy groups -OCH3 is 1. The van der Waals surface area contributed by atoms with Crippen LogP contribution in [0.2, 0.25) is 0 Å². The number of hydrogen-bond acceptors (Lipinski definition) is 4. The number of carbonyl (C=O) groups is 3. The van der Waals surface area contributed by atoms with E-state index in [1.54, 1.807) is 4.90 Å². The first-order valence-corrected chi connectivity index (χ1v) is 5.80. The second-order valence-corrected chi connectivity index (χ2v) is 4.61. The molecule has 5 heteroatoms. The number of carbonyl (C=O) groups excluding carboxylic acids is 3. The van der Waals surface area contributed by atoms with E-state index in [1.807, 2.05) is 6.92 Å². The van der Waals surface area contributed by atoms with Gasteiger partial charge in [-0.1, -0.05) is 6.92 Å². The Hall–Kier alpha value is -1.39. The molecule has 0 aliphatic carbocycles. The van der Waals surface area contributed by atoms with Crippen molar-refractivity contribution in [3.63, 3.8) is 0 Å². The average molecular weight is 241 g/mol. The van der Waals surface area contributed by atoms with E-state index >= 15 is 0 Å². The van der Waals surface area contributed by atoms with Gasteiger partial charge in [0.05, 0.1) is 13.0 Å². The van der Waals surface area contributed by atoms with Gasteiger partial charge in [0, 0.05) is 25.9 Å². The number of esters is 1. The smallest absolute Gasteiger partial charge is 0.310 e. The monoisotopic (exact) mass is 241 g/mol. The van der Waals surface area contributed by atoms with Gasteiger partial charge < -0.3 is 14.4 Å². The molecular weight excluding hydrogens is 222 g/mol. The van der Waals surface area contributed by atoms with E-state index in [1.165, 1.54) is 14.0 Å². The number of likely N-dealkylation sites (tertiary alicyclic amines) is 1. The molecule has 1 fully saturated rings. The summed E-state index contributed by atoms with van der Waals surface area (Å²) in [7, 11) is 1.36. The van der Waals surface area contributed by atoms with Gasteiger partial charge in [-0.05, 0) is 12.8 Å². The minimum Gasteiger partial charge on any atom is -0.469 e. The largest absolute Gasteiger partial charge is 0.469 e. The van der Waals surface area contributed by atoms with Crippen LogP contribution in [0.1, 0.15) is 26.7 Å². The molecule has 0 aromatic rings. The van der Waals surface area contributed by atoms with Crippen molar-refractivity contribution in [2.24, 2.45) is 11.8 Å². The van der Waals surface area contributed by atoms with Gasteiger partial charge in [-0.3, -0.25) is 9.59 Å². The lowest BCUT2D eigenvalue weighted by atomic mass is 9.99. The van der Waals surface area contributed by atoms with Gasteiger partial charge in [-0.2, -0.15) is 0 Å². The van der Waals surface area contributed by atoms with Crippen molar-refractivity contribution in [3.8, 4) is 0 Å². The second kappa shape index (κ2) is 5.80. The molecule has 1 rings (SSSR count). The summed E-state index contributed by atoms with van der Waals surface area (Å²) in [5.74, 6) is -0.432. The first-order chi connectivity index (χ1) is 7.95. The number of nitrogens with zero attached hydrogens (tertiary/aromatic N) is 1. The van der Waals surface area contributed by atoms with Crippen LogP contribution in [-0.2, 0) is 19.1 Å². The highest BCUT2D eigenvalue weighted by atomic mass is 16.5. The summed E-state index contributed by atoms with van der Waals surface area (Å²) in [6.07, 6.45) is 0.503. The summed E-state index contributed by atoms with van der Waals surface area (Å²) in [5.41, 5.74) is 0. The highest BCUT2D eigenvalue weighted by Gasteiger charge is 2.37.